The second-order valence-corrected chi connectivity index (χ2v) is 5.67. The van der Waals surface area contributed by atoms with Crippen molar-refractivity contribution < 1.29 is 22.7 Å². The number of hydrogen-bond acceptors (Lipinski definition) is 4. The van der Waals surface area contributed by atoms with Crippen LogP contribution in [-0.2, 0) is 11.0 Å². The summed E-state index contributed by atoms with van der Waals surface area (Å²) in [4.78, 5) is 16.0. The van der Waals surface area contributed by atoms with Crippen LogP contribution in [0, 0.1) is 0 Å². The van der Waals surface area contributed by atoms with Gasteiger partial charge in [-0.1, -0.05) is 12.1 Å². The minimum absolute atomic E-state index is 0.0411. The van der Waals surface area contributed by atoms with Gasteiger partial charge in [0, 0.05) is 6.08 Å². The van der Waals surface area contributed by atoms with Crippen molar-refractivity contribution in [3.8, 4) is 11.4 Å². The Kier molecular flexibility index (Phi) is 5.44. The highest BCUT2D eigenvalue weighted by atomic mass is 19.4. The molecule has 0 saturated carbocycles. The summed E-state index contributed by atoms with van der Waals surface area (Å²) in [6, 6.07) is 9.98. The van der Waals surface area contributed by atoms with Crippen molar-refractivity contribution in [2.24, 2.45) is 0 Å². The van der Waals surface area contributed by atoms with Crippen molar-refractivity contribution in [3.05, 3.63) is 72.3 Å². The van der Waals surface area contributed by atoms with Crippen LogP contribution in [0.4, 0.5) is 18.9 Å². The first-order valence-corrected chi connectivity index (χ1v) is 8.06. The lowest BCUT2D eigenvalue weighted by molar-refractivity contribution is -0.137. The number of aromatic nitrogens is 3. The molecule has 0 fully saturated rings. The molecule has 0 saturated heterocycles. The van der Waals surface area contributed by atoms with Crippen LogP contribution in [0.15, 0.2) is 61.2 Å². The molecule has 0 spiro atoms. The highest BCUT2D eigenvalue weighted by Crippen LogP contribution is 2.33. The molecule has 1 amide bonds. The average Bonchev–Trinajstić information content (AvgIpc) is 3.20. The van der Waals surface area contributed by atoms with Crippen LogP contribution in [0.1, 0.15) is 11.1 Å². The maximum absolute atomic E-state index is 13.0. The van der Waals surface area contributed by atoms with Crippen LogP contribution in [0.2, 0.25) is 0 Å². The number of methoxy groups -OCH3 is 1. The lowest BCUT2D eigenvalue weighted by Gasteiger charge is -2.13. The maximum atomic E-state index is 13.0. The summed E-state index contributed by atoms with van der Waals surface area (Å²) >= 11 is 0. The predicted octanol–water partition coefficient (Wildman–Crippen LogP) is 3.95. The monoisotopic (exact) mass is 388 g/mol. The molecule has 0 aliphatic heterocycles. The number of alkyl halides is 3. The number of carbonyl (C=O) groups is 1. The van der Waals surface area contributed by atoms with Gasteiger partial charge in [0.25, 0.3) is 0 Å². The zero-order chi connectivity index (χ0) is 20.1. The first kappa shape index (κ1) is 19.2. The topological polar surface area (TPSA) is 69.0 Å². The fourth-order valence-corrected chi connectivity index (χ4v) is 2.44. The molecule has 144 valence electrons. The van der Waals surface area contributed by atoms with Gasteiger partial charge >= 0.3 is 6.18 Å². The van der Waals surface area contributed by atoms with Gasteiger partial charge in [0.15, 0.2) is 0 Å². The zero-order valence-electron chi connectivity index (χ0n) is 14.6. The molecule has 0 atom stereocenters. The van der Waals surface area contributed by atoms with Crippen molar-refractivity contribution in [2.75, 3.05) is 12.4 Å². The molecule has 0 aliphatic carbocycles. The third kappa shape index (κ3) is 4.56. The Bertz CT molecular complexity index is 999. The highest BCUT2D eigenvalue weighted by Gasteiger charge is 2.31. The molecular formula is C19H15F3N4O2. The van der Waals surface area contributed by atoms with Crippen molar-refractivity contribution in [1.29, 1.82) is 0 Å². The van der Waals surface area contributed by atoms with Gasteiger partial charge < -0.3 is 10.1 Å². The number of halogens is 3. The number of nitrogens with zero attached hydrogens (tertiary/aromatic N) is 3. The van der Waals surface area contributed by atoms with E-state index in [1.807, 2.05) is 0 Å². The normalized spacial score (nSPS) is 11.6. The van der Waals surface area contributed by atoms with Crippen LogP contribution in [-0.4, -0.2) is 27.8 Å². The van der Waals surface area contributed by atoms with E-state index < -0.39 is 17.6 Å². The fourth-order valence-electron chi connectivity index (χ4n) is 2.44. The molecule has 0 unspecified atom stereocenters. The molecule has 3 aromatic rings. The van der Waals surface area contributed by atoms with Gasteiger partial charge in [0.1, 0.15) is 18.4 Å². The number of carbonyl (C=O) groups excluding carboxylic acids is 1. The molecule has 1 aromatic heterocycles. The molecule has 1 N–H and O–H groups in total. The van der Waals surface area contributed by atoms with Crippen molar-refractivity contribution >= 4 is 17.7 Å². The van der Waals surface area contributed by atoms with E-state index >= 15 is 0 Å². The molecule has 2 aromatic carbocycles. The van der Waals surface area contributed by atoms with Gasteiger partial charge in [-0.2, -0.15) is 18.3 Å². The molecule has 6 nitrogen and oxygen atoms in total. The summed E-state index contributed by atoms with van der Waals surface area (Å²) in [5.41, 5.74) is 0.0349. The Labute approximate surface area is 158 Å². The van der Waals surface area contributed by atoms with E-state index in [-0.39, 0.29) is 11.4 Å². The largest absolute Gasteiger partial charge is 0.497 e. The van der Waals surface area contributed by atoms with E-state index in [0.29, 0.717) is 11.3 Å². The van der Waals surface area contributed by atoms with Gasteiger partial charge in [-0.05, 0) is 42.0 Å². The van der Waals surface area contributed by atoms with Gasteiger partial charge in [0.2, 0.25) is 5.91 Å². The number of ether oxygens (including phenoxy) is 1. The first-order valence-electron chi connectivity index (χ1n) is 8.06. The molecule has 3 rings (SSSR count). The van der Waals surface area contributed by atoms with E-state index in [4.69, 9.17) is 4.74 Å². The molecule has 0 radical (unpaired) electrons. The smallest absolute Gasteiger partial charge is 0.416 e. The standard InChI is InChI=1S/C19H15F3N4O2/c1-28-15-4-2-3-13(9-15)5-8-18(27)25-16-10-14(19(20,21)22)6-7-17(16)26-12-23-11-24-26/h2-12H,1H3,(H,25,27). The summed E-state index contributed by atoms with van der Waals surface area (Å²) in [6.45, 7) is 0. The van der Waals surface area contributed by atoms with E-state index in [0.717, 1.165) is 12.1 Å². The minimum atomic E-state index is -4.54. The van der Waals surface area contributed by atoms with Crippen LogP contribution in [0.25, 0.3) is 11.8 Å². The van der Waals surface area contributed by atoms with Gasteiger partial charge in [0.05, 0.1) is 24.0 Å². The lowest BCUT2D eigenvalue weighted by atomic mass is 10.1. The molecule has 0 aliphatic rings. The lowest BCUT2D eigenvalue weighted by Crippen LogP contribution is -2.13. The second-order valence-electron chi connectivity index (χ2n) is 5.67. The summed E-state index contributed by atoms with van der Waals surface area (Å²) in [6.07, 6.45) is 0.772. The van der Waals surface area contributed by atoms with Crippen molar-refractivity contribution in [2.45, 2.75) is 6.18 Å². The van der Waals surface area contributed by atoms with E-state index in [2.05, 4.69) is 15.4 Å². The summed E-state index contributed by atoms with van der Waals surface area (Å²) < 4.78 is 45.5. The van der Waals surface area contributed by atoms with Crippen LogP contribution in [0.5, 0.6) is 5.75 Å². The van der Waals surface area contributed by atoms with Gasteiger partial charge in [-0.3, -0.25) is 4.79 Å². The Morgan fingerprint density at radius 2 is 2.04 bits per heavy atom. The predicted molar refractivity (Wildman–Crippen MR) is 97.0 cm³/mol. The Balaban J connectivity index is 1.87. The average molecular weight is 388 g/mol. The molecule has 1 heterocycles. The quantitative estimate of drug-likeness (QED) is 0.672. The maximum Gasteiger partial charge on any atom is 0.416 e. The minimum Gasteiger partial charge on any atom is -0.497 e. The van der Waals surface area contributed by atoms with E-state index in [9.17, 15) is 18.0 Å². The number of hydrogen-bond donors (Lipinski definition) is 1. The van der Waals surface area contributed by atoms with Crippen LogP contribution in [0.3, 0.4) is 0 Å². The molecule has 9 heteroatoms. The molecular weight excluding hydrogens is 373 g/mol. The van der Waals surface area contributed by atoms with Crippen LogP contribution >= 0.6 is 0 Å². The van der Waals surface area contributed by atoms with Gasteiger partial charge in [-0.15, -0.1) is 0 Å². The van der Waals surface area contributed by atoms with Crippen molar-refractivity contribution in [1.82, 2.24) is 14.8 Å². The Morgan fingerprint density at radius 1 is 1.21 bits per heavy atom. The van der Waals surface area contributed by atoms with E-state index in [1.165, 1.54) is 42.7 Å². The van der Waals surface area contributed by atoms with Crippen LogP contribution < -0.4 is 10.1 Å². The van der Waals surface area contributed by atoms with E-state index in [1.54, 1.807) is 24.3 Å². The summed E-state index contributed by atoms with van der Waals surface area (Å²) in [7, 11) is 1.52. The zero-order valence-corrected chi connectivity index (χ0v) is 14.6. The van der Waals surface area contributed by atoms with Gasteiger partial charge in [-0.25, -0.2) is 9.67 Å². The van der Waals surface area contributed by atoms with Crippen molar-refractivity contribution in [3.63, 3.8) is 0 Å². The third-order valence-electron chi connectivity index (χ3n) is 3.77. The molecule has 28 heavy (non-hydrogen) atoms. The third-order valence-corrected chi connectivity index (χ3v) is 3.77. The summed E-state index contributed by atoms with van der Waals surface area (Å²) in [5.74, 6) is 0.0254. The SMILES string of the molecule is COc1cccc(C=CC(=O)Nc2cc(C(F)(F)F)ccc2-n2cncn2)c1. The summed E-state index contributed by atoms with van der Waals surface area (Å²) in [5, 5.41) is 6.36. The Morgan fingerprint density at radius 3 is 2.71 bits per heavy atom. The number of nitrogens with one attached hydrogen (secondary N) is 1. The Hall–Kier alpha value is -3.62. The number of benzene rings is 2. The first-order chi connectivity index (χ1) is 13.4. The number of anilines is 1. The fraction of sp³-hybridized carbons (Fsp3) is 0.105. The second kappa shape index (κ2) is 7.95. The number of amides is 1. The number of rotatable bonds is 5. The molecule has 0 bridgehead atoms. The highest BCUT2D eigenvalue weighted by molar-refractivity contribution is 6.03.